The number of para-hydroxylation sites is 1. The smallest absolute Gasteiger partial charge is 0.319 e. The minimum atomic E-state index is -0.949. The summed E-state index contributed by atoms with van der Waals surface area (Å²) in [6.07, 6.45) is 0. The van der Waals surface area contributed by atoms with Gasteiger partial charge in [0.25, 0.3) is 0 Å². The van der Waals surface area contributed by atoms with Crippen LogP contribution in [0.2, 0.25) is 0 Å². The van der Waals surface area contributed by atoms with Crippen LogP contribution in [0, 0.1) is 5.92 Å². The Kier molecular flexibility index (Phi) is 3.80. The zero-order valence-electron chi connectivity index (χ0n) is 13.7. The number of carbonyl (C=O) groups excluding carboxylic acids is 2. The maximum atomic E-state index is 12.6. The number of ether oxygens (including phenoxy) is 3. The summed E-state index contributed by atoms with van der Waals surface area (Å²) in [6.45, 7) is 2.11. The average molecular weight is 339 g/mol. The zero-order valence-corrected chi connectivity index (χ0v) is 13.7. The Labute approximate surface area is 144 Å². The molecule has 1 N–H and O–H groups in total. The molecule has 2 aromatic rings. The lowest BCUT2D eigenvalue weighted by Crippen LogP contribution is -2.40. The number of benzene rings is 2. The van der Waals surface area contributed by atoms with Crippen LogP contribution in [0.5, 0.6) is 11.5 Å². The predicted molar refractivity (Wildman–Crippen MR) is 89.6 cm³/mol. The molecule has 0 bridgehead atoms. The van der Waals surface area contributed by atoms with Gasteiger partial charge in [-0.15, -0.1) is 0 Å². The van der Waals surface area contributed by atoms with Crippen molar-refractivity contribution in [2.24, 2.45) is 5.92 Å². The van der Waals surface area contributed by atoms with E-state index in [1.165, 1.54) is 0 Å². The predicted octanol–water partition coefficient (Wildman–Crippen LogP) is 2.68. The Morgan fingerprint density at radius 1 is 1.20 bits per heavy atom. The highest BCUT2D eigenvalue weighted by Gasteiger charge is 2.42. The molecule has 0 saturated heterocycles. The fourth-order valence-corrected chi connectivity index (χ4v) is 3.38. The van der Waals surface area contributed by atoms with Crippen molar-refractivity contribution in [2.75, 3.05) is 18.7 Å². The lowest BCUT2D eigenvalue weighted by Gasteiger charge is -2.32. The van der Waals surface area contributed by atoms with Crippen LogP contribution in [0.3, 0.4) is 0 Å². The molecule has 0 aliphatic carbocycles. The summed E-state index contributed by atoms with van der Waals surface area (Å²) in [5.41, 5.74) is 2.39. The molecular formula is C19H17NO5. The molecule has 2 unspecified atom stereocenters. The Hall–Kier alpha value is -3.02. The van der Waals surface area contributed by atoms with Gasteiger partial charge in [-0.05, 0) is 36.2 Å². The Balaban J connectivity index is 1.84. The Morgan fingerprint density at radius 3 is 2.84 bits per heavy atom. The van der Waals surface area contributed by atoms with Crippen LogP contribution in [0.15, 0.2) is 42.5 Å². The normalized spacial score (nSPS) is 20.6. The quantitative estimate of drug-likeness (QED) is 0.687. The molecule has 2 aliphatic rings. The fourth-order valence-electron chi connectivity index (χ4n) is 3.38. The third-order valence-corrected chi connectivity index (χ3v) is 4.47. The number of amides is 1. The van der Waals surface area contributed by atoms with E-state index < -0.39 is 17.8 Å². The van der Waals surface area contributed by atoms with E-state index in [1.54, 1.807) is 13.0 Å². The van der Waals surface area contributed by atoms with E-state index in [0.29, 0.717) is 17.2 Å². The van der Waals surface area contributed by atoms with Gasteiger partial charge in [0.2, 0.25) is 12.7 Å². The summed E-state index contributed by atoms with van der Waals surface area (Å²) in [7, 11) is 0. The average Bonchev–Trinajstić information content (AvgIpc) is 3.08. The van der Waals surface area contributed by atoms with Crippen LogP contribution in [0.25, 0.3) is 0 Å². The summed E-state index contributed by atoms with van der Waals surface area (Å²) in [5, 5.41) is 2.81. The number of esters is 1. The van der Waals surface area contributed by atoms with Gasteiger partial charge in [0.05, 0.1) is 6.61 Å². The van der Waals surface area contributed by atoms with E-state index in [-0.39, 0.29) is 19.3 Å². The number of nitrogens with one attached hydrogen (secondary N) is 1. The molecular weight excluding hydrogens is 322 g/mol. The van der Waals surface area contributed by atoms with Crippen molar-refractivity contribution in [3.05, 3.63) is 53.6 Å². The minimum Gasteiger partial charge on any atom is -0.465 e. The monoisotopic (exact) mass is 339 g/mol. The van der Waals surface area contributed by atoms with Crippen molar-refractivity contribution in [1.29, 1.82) is 0 Å². The second-order valence-corrected chi connectivity index (χ2v) is 5.90. The van der Waals surface area contributed by atoms with Gasteiger partial charge in [0.15, 0.2) is 11.5 Å². The van der Waals surface area contributed by atoms with Crippen LogP contribution in [-0.4, -0.2) is 25.3 Å². The van der Waals surface area contributed by atoms with Gasteiger partial charge in [-0.3, -0.25) is 9.59 Å². The topological polar surface area (TPSA) is 73.9 Å². The van der Waals surface area contributed by atoms with Crippen molar-refractivity contribution < 1.29 is 23.8 Å². The summed E-state index contributed by atoms with van der Waals surface area (Å²) < 4.78 is 16.0. The number of anilines is 1. The first-order valence-corrected chi connectivity index (χ1v) is 8.15. The molecule has 6 nitrogen and oxygen atoms in total. The molecule has 0 saturated carbocycles. The summed E-state index contributed by atoms with van der Waals surface area (Å²) in [4.78, 5) is 25.1. The maximum absolute atomic E-state index is 12.6. The van der Waals surface area contributed by atoms with Crippen LogP contribution in [0.4, 0.5) is 5.69 Å². The fraction of sp³-hybridized carbons (Fsp3) is 0.263. The van der Waals surface area contributed by atoms with Crippen molar-refractivity contribution in [3.8, 4) is 11.5 Å². The zero-order chi connectivity index (χ0) is 17.4. The van der Waals surface area contributed by atoms with Gasteiger partial charge >= 0.3 is 5.97 Å². The molecule has 2 atom stereocenters. The number of hydrogen-bond donors (Lipinski definition) is 1. The first-order valence-electron chi connectivity index (χ1n) is 8.15. The lowest BCUT2D eigenvalue weighted by molar-refractivity contribution is -0.151. The standard InChI is InChI=1S/C19H17NO5/c1-2-23-19(22)17-16(11-7-8-14-15(9-11)25-10-24-14)12-5-3-4-6-13(12)20-18(17)21/h3-9,16-17H,2,10H2,1H3,(H,20,21). The molecule has 1 amide bonds. The van der Waals surface area contributed by atoms with E-state index in [2.05, 4.69) is 5.32 Å². The van der Waals surface area contributed by atoms with Gasteiger partial charge in [-0.25, -0.2) is 0 Å². The third-order valence-electron chi connectivity index (χ3n) is 4.47. The van der Waals surface area contributed by atoms with Gasteiger partial charge < -0.3 is 19.5 Å². The number of fused-ring (bicyclic) bond motifs is 2. The first kappa shape index (κ1) is 15.5. The molecule has 4 rings (SSSR count). The molecule has 0 spiro atoms. The first-order chi connectivity index (χ1) is 12.2. The second kappa shape index (κ2) is 6.12. The highest BCUT2D eigenvalue weighted by atomic mass is 16.7. The van der Waals surface area contributed by atoms with Crippen molar-refractivity contribution in [1.82, 2.24) is 0 Å². The van der Waals surface area contributed by atoms with Gasteiger partial charge in [-0.1, -0.05) is 24.3 Å². The van der Waals surface area contributed by atoms with Crippen LogP contribution < -0.4 is 14.8 Å². The summed E-state index contributed by atoms with van der Waals surface area (Å²) in [6, 6.07) is 13.0. The highest BCUT2D eigenvalue weighted by Crippen LogP contribution is 2.44. The van der Waals surface area contributed by atoms with E-state index in [9.17, 15) is 9.59 Å². The van der Waals surface area contributed by atoms with Crippen LogP contribution >= 0.6 is 0 Å². The molecule has 0 radical (unpaired) electrons. The molecule has 0 aromatic heterocycles. The summed E-state index contributed by atoms with van der Waals surface area (Å²) >= 11 is 0. The van der Waals surface area contributed by atoms with E-state index in [4.69, 9.17) is 14.2 Å². The number of hydrogen-bond acceptors (Lipinski definition) is 5. The van der Waals surface area contributed by atoms with Gasteiger partial charge in [-0.2, -0.15) is 0 Å². The van der Waals surface area contributed by atoms with Crippen LogP contribution in [0.1, 0.15) is 24.0 Å². The second-order valence-electron chi connectivity index (χ2n) is 5.90. The van der Waals surface area contributed by atoms with E-state index in [0.717, 1.165) is 11.1 Å². The molecule has 6 heteroatoms. The Bertz CT molecular complexity index is 847. The number of rotatable bonds is 3. The van der Waals surface area contributed by atoms with Gasteiger partial charge in [0, 0.05) is 11.6 Å². The highest BCUT2D eigenvalue weighted by molar-refractivity contribution is 6.08. The summed E-state index contributed by atoms with van der Waals surface area (Å²) in [5.74, 6) is -1.01. The molecule has 128 valence electrons. The van der Waals surface area contributed by atoms with Crippen molar-refractivity contribution in [2.45, 2.75) is 12.8 Å². The maximum Gasteiger partial charge on any atom is 0.319 e. The number of carbonyl (C=O) groups is 2. The van der Waals surface area contributed by atoms with Gasteiger partial charge in [0.1, 0.15) is 5.92 Å². The van der Waals surface area contributed by atoms with Crippen LogP contribution in [-0.2, 0) is 14.3 Å². The third kappa shape index (κ3) is 2.59. The lowest BCUT2D eigenvalue weighted by atomic mass is 9.77. The SMILES string of the molecule is CCOC(=O)C1C(=O)Nc2ccccc2C1c1ccc2c(c1)OCO2. The van der Waals surface area contributed by atoms with Crippen molar-refractivity contribution in [3.63, 3.8) is 0 Å². The molecule has 0 fully saturated rings. The van der Waals surface area contributed by atoms with E-state index >= 15 is 0 Å². The molecule has 2 aromatic carbocycles. The largest absolute Gasteiger partial charge is 0.465 e. The molecule has 2 heterocycles. The molecule has 2 aliphatic heterocycles. The minimum absolute atomic E-state index is 0.168. The molecule has 25 heavy (non-hydrogen) atoms. The Morgan fingerprint density at radius 2 is 2.00 bits per heavy atom. The van der Waals surface area contributed by atoms with E-state index in [1.807, 2.05) is 36.4 Å². The van der Waals surface area contributed by atoms with Crippen molar-refractivity contribution >= 4 is 17.6 Å².